The van der Waals surface area contributed by atoms with E-state index in [1.54, 1.807) is 11.8 Å². The lowest BCUT2D eigenvalue weighted by atomic mass is 10.2. The highest BCUT2D eigenvalue weighted by Crippen LogP contribution is 2.27. The van der Waals surface area contributed by atoms with Crippen molar-refractivity contribution in [1.29, 1.82) is 0 Å². The van der Waals surface area contributed by atoms with Crippen LogP contribution in [0.4, 0.5) is 5.69 Å². The molecule has 0 fully saturated rings. The van der Waals surface area contributed by atoms with Gasteiger partial charge >= 0.3 is 0 Å². The van der Waals surface area contributed by atoms with Crippen LogP contribution < -0.4 is 10.5 Å². The Bertz CT molecular complexity index is 554. The quantitative estimate of drug-likeness (QED) is 0.507. The van der Waals surface area contributed by atoms with Gasteiger partial charge in [-0.05, 0) is 43.2 Å². The molecule has 2 N–H and O–H groups in total. The van der Waals surface area contributed by atoms with Crippen LogP contribution in [0.25, 0.3) is 0 Å². The molecule has 0 amide bonds. The number of hydrogen-bond acceptors (Lipinski definition) is 3. The van der Waals surface area contributed by atoms with E-state index in [4.69, 9.17) is 10.5 Å². The minimum Gasteiger partial charge on any atom is -0.493 e. The maximum atomic E-state index is 6.03. The third kappa shape index (κ3) is 3.93. The monoisotopic (exact) mass is 273 g/mol. The Morgan fingerprint density at radius 3 is 2.68 bits per heavy atom. The predicted molar refractivity (Wildman–Crippen MR) is 83.0 cm³/mol. The Kier molecular flexibility index (Phi) is 4.74. The molecule has 2 aromatic rings. The average molecular weight is 273 g/mol. The maximum Gasteiger partial charge on any atom is 0.119 e. The molecule has 2 aromatic carbocycles. The lowest BCUT2D eigenvalue weighted by Gasteiger charge is -2.09. The van der Waals surface area contributed by atoms with Crippen LogP contribution in [0.15, 0.2) is 47.4 Å². The number of benzene rings is 2. The Morgan fingerprint density at radius 2 is 1.89 bits per heavy atom. The van der Waals surface area contributed by atoms with E-state index in [0.717, 1.165) is 27.6 Å². The van der Waals surface area contributed by atoms with Gasteiger partial charge in [-0.3, -0.25) is 0 Å². The average Bonchev–Trinajstić information content (AvgIpc) is 2.39. The molecule has 0 unspecified atom stereocenters. The Morgan fingerprint density at radius 1 is 1.11 bits per heavy atom. The van der Waals surface area contributed by atoms with Crippen molar-refractivity contribution in [2.45, 2.75) is 18.7 Å². The molecule has 0 spiro atoms. The van der Waals surface area contributed by atoms with E-state index >= 15 is 0 Å². The first-order chi connectivity index (χ1) is 9.16. The highest BCUT2D eigenvalue weighted by Gasteiger charge is 2.02. The van der Waals surface area contributed by atoms with Gasteiger partial charge in [0.25, 0.3) is 0 Å². The summed E-state index contributed by atoms with van der Waals surface area (Å²) in [6.45, 7) is 4.78. The molecule has 0 saturated carbocycles. The molecule has 0 bridgehead atoms. The second-order valence-electron chi connectivity index (χ2n) is 4.50. The molecule has 0 radical (unpaired) electrons. The summed E-state index contributed by atoms with van der Waals surface area (Å²) in [7, 11) is 0. The number of hydrogen-bond donors (Lipinski definition) is 1. The fourth-order valence-electron chi connectivity index (χ4n) is 1.80. The minimum absolute atomic E-state index is 0.682. The fourth-order valence-corrected chi connectivity index (χ4v) is 2.67. The molecule has 19 heavy (non-hydrogen) atoms. The van der Waals surface area contributed by atoms with Crippen molar-refractivity contribution in [3.63, 3.8) is 0 Å². The summed E-state index contributed by atoms with van der Waals surface area (Å²) >= 11 is 1.73. The van der Waals surface area contributed by atoms with E-state index in [1.165, 1.54) is 5.56 Å². The van der Waals surface area contributed by atoms with Crippen molar-refractivity contribution < 1.29 is 4.74 Å². The standard InChI is InChI=1S/C16H19NOS/c1-12-5-3-7-14(11-12)18-9-10-19-15-8-4-6-13(2)16(15)17/h3-8,11H,9-10,17H2,1-2H3. The lowest BCUT2D eigenvalue weighted by Crippen LogP contribution is -2.01. The first-order valence-electron chi connectivity index (χ1n) is 6.34. The van der Waals surface area contributed by atoms with Gasteiger partial charge in [-0.25, -0.2) is 0 Å². The molecular formula is C16H19NOS. The Balaban J connectivity index is 1.82. The summed E-state index contributed by atoms with van der Waals surface area (Å²) in [6.07, 6.45) is 0. The molecule has 0 heterocycles. The highest BCUT2D eigenvalue weighted by molar-refractivity contribution is 7.99. The van der Waals surface area contributed by atoms with Crippen LogP contribution in [0, 0.1) is 13.8 Å². The molecule has 100 valence electrons. The van der Waals surface area contributed by atoms with Crippen LogP contribution in [0.5, 0.6) is 5.75 Å². The summed E-state index contributed by atoms with van der Waals surface area (Å²) in [5.41, 5.74) is 9.26. The van der Waals surface area contributed by atoms with E-state index in [2.05, 4.69) is 19.1 Å². The normalized spacial score (nSPS) is 10.4. The van der Waals surface area contributed by atoms with Gasteiger partial charge < -0.3 is 10.5 Å². The van der Waals surface area contributed by atoms with Crippen LogP contribution in [0.3, 0.4) is 0 Å². The van der Waals surface area contributed by atoms with Crippen molar-refractivity contribution >= 4 is 17.4 Å². The lowest BCUT2D eigenvalue weighted by molar-refractivity contribution is 0.344. The van der Waals surface area contributed by atoms with Crippen LogP contribution in [-0.4, -0.2) is 12.4 Å². The Hall–Kier alpha value is -1.61. The van der Waals surface area contributed by atoms with Gasteiger partial charge in [0.2, 0.25) is 0 Å². The number of para-hydroxylation sites is 1. The van der Waals surface area contributed by atoms with Crippen LogP contribution in [0.1, 0.15) is 11.1 Å². The molecule has 0 saturated heterocycles. The second kappa shape index (κ2) is 6.53. The third-order valence-electron chi connectivity index (χ3n) is 2.88. The van der Waals surface area contributed by atoms with Crippen molar-refractivity contribution in [1.82, 2.24) is 0 Å². The van der Waals surface area contributed by atoms with Gasteiger partial charge in [0, 0.05) is 16.3 Å². The van der Waals surface area contributed by atoms with Crippen LogP contribution in [-0.2, 0) is 0 Å². The SMILES string of the molecule is Cc1cccc(OCCSc2cccc(C)c2N)c1. The van der Waals surface area contributed by atoms with E-state index in [1.807, 2.05) is 37.3 Å². The smallest absolute Gasteiger partial charge is 0.119 e. The zero-order valence-corrected chi connectivity index (χ0v) is 12.2. The molecule has 0 aliphatic rings. The van der Waals surface area contributed by atoms with Gasteiger partial charge in [-0.15, -0.1) is 11.8 Å². The van der Waals surface area contributed by atoms with Crippen molar-refractivity contribution in [3.05, 3.63) is 53.6 Å². The van der Waals surface area contributed by atoms with Crippen molar-refractivity contribution in [2.75, 3.05) is 18.1 Å². The van der Waals surface area contributed by atoms with Gasteiger partial charge in [0.05, 0.1) is 6.61 Å². The van der Waals surface area contributed by atoms with Gasteiger partial charge in [-0.1, -0.05) is 24.3 Å². The van der Waals surface area contributed by atoms with Gasteiger partial charge in [0.15, 0.2) is 0 Å². The number of thioether (sulfide) groups is 1. The summed E-state index contributed by atoms with van der Waals surface area (Å²) in [6, 6.07) is 14.2. The highest BCUT2D eigenvalue weighted by atomic mass is 32.2. The van der Waals surface area contributed by atoms with E-state index < -0.39 is 0 Å². The fraction of sp³-hybridized carbons (Fsp3) is 0.250. The molecule has 0 aliphatic heterocycles. The molecule has 2 nitrogen and oxygen atoms in total. The number of anilines is 1. The molecule has 0 aromatic heterocycles. The second-order valence-corrected chi connectivity index (χ2v) is 5.64. The summed E-state index contributed by atoms with van der Waals surface area (Å²) in [4.78, 5) is 1.13. The first kappa shape index (κ1) is 13.8. The minimum atomic E-state index is 0.682. The predicted octanol–water partition coefficient (Wildman–Crippen LogP) is 4.06. The molecule has 0 atom stereocenters. The van der Waals surface area contributed by atoms with Crippen molar-refractivity contribution in [3.8, 4) is 5.75 Å². The summed E-state index contributed by atoms with van der Waals surface area (Å²) < 4.78 is 5.72. The van der Waals surface area contributed by atoms with Gasteiger partial charge in [-0.2, -0.15) is 0 Å². The third-order valence-corrected chi connectivity index (χ3v) is 3.92. The molecular weight excluding hydrogens is 254 g/mol. The number of nitrogens with two attached hydrogens (primary N) is 1. The van der Waals surface area contributed by atoms with Crippen molar-refractivity contribution in [2.24, 2.45) is 0 Å². The molecule has 2 rings (SSSR count). The van der Waals surface area contributed by atoms with Gasteiger partial charge in [0.1, 0.15) is 5.75 Å². The van der Waals surface area contributed by atoms with E-state index in [9.17, 15) is 0 Å². The number of rotatable bonds is 5. The first-order valence-corrected chi connectivity index (χ1v) is 7.33. The van der Waals surface area contributed by atoms with Crippen LogP contribution in [0.2, 0.25) is 0 Å². The van der Waals surface area contributed by atoms with E-state index in [0.29, 0.717) is 6.61 Å². The zero-order valence-electron chi connectivity index (χ0n) is 11.3. The zero-order chi connectivity index (χ0) is 13.7. The van der Waals surface area contributed by atoms with Crippen LogP contribution >= 0.6 is 11.8 Å². The summed E-state index contributed by atoms with van der Waals surface area (Å²) in [5, 5.41) is 0. The number of aryl methyl sites for hydroxylation is 2. The largest absolute Gasteiger partial charge is 0.493 e. The maximum absolute atomic E-state index is 6.03. The summed E-state index contributed by atoms with van der Waals surface area (Å²) in [5.74, 6) is 1.82. The Labute approximate surface area is 119 Å². The number of nitrogen functional groups attached to an aromatic ring is 1. The number of ether oxygens (including phenoxy) is 1. The topological polar surface area (TPSA) is 35.2 Å². The molecule has 3 heteroatoms. The molecule has 0 aliphatic carbocycles. The van der Waals surface area contributed by atoms with E-state index in [-0.39, 0.29) is 0 Å².